The van der Waals surface area contributed by atoms with Crippen LogP contribution in [0.5, 0.6) is 0 Å². The van der Waals surface area contributed by atoms with E-state index in [-0.39, 0.29) is 11.9 Å². The van der Waals surface area contributed by atoms with E-state index in [2.05, 4.69) is 12.2 Å². The summed E-state index contributed by atoms with van der Waals surface area (Å²) in [5.74, 6) is -0.0480. The number of hydrogen-bond donors (Lipinski definition) is 1. The summed E-state index contributed by atoms with van der Waals surface area (Å²) in [5, 5.41) is 2.54. The van der Waals surface area contributed by atoms with Gasteiger partial charge in [0, 0.05) is 6.54 Å². The number of nitrogens with one attached hydrogen (secondary N) is 1. The number of urea groups is 1. The zero-order valence-corrected chi connectivity index (χ0v) is 12.7. The molecule has 1 aliphatic heterocycles. The topological polar surface area (TPSA) is 49.4 Å². The lowest BCUT2D eigenvalue weighted by Gasteiger charge is -2.38. The second-order valence-electron chi connectivity index (χ2n) is 6.27. The van der Waals surface area contributed by atoms with Crippen molar-refractivity contribution in [3.63, 3.8) is 0 Å². The van der Waals surface area contributed by atoms with Gasteiger partial charge in [0.1, 0.15) is 5.54 Å². The molecule has 1 saturated heterocycles. The molecule has 0 radical (unpaired) electrons. The third kappa shape index (κ3) is 3.15. The molecule has 0 aromatic rings. The van der Waals surface area contributed by atoms with Crippen molar-refractivity contribution in [1.82, 2.24) is 10.2 Å². The third-order valence-electron chi connectivity index (χ3n) is 4.82. The Morgan fingerprint density at radius 1 is 1.00 bits per heavy atom. The van der Waals surface area contributed by atoms with E-state index >= 15 is 0 Å². The summed E-state index contributed by atoms with van der Waals surface area (Å²) in [6, 6.07) is -0.162. The zero-order valence-electron chi connectivity index (χ0n) is 12.7. The standard InChI is InChI=1S/C16H28N2O2/c1-2-3-4-5-6-10-13-18-15(20)17-14(19)16(18)11-8-7-9-12-16/h2-13H2,1H3,(H,17,19,20). The molecule has 1 heterocycles. The van der Waals surface area contributed by atoms with E-state index in [0.717, 1.165) is 45.1 Å². The van der Waals surface area contributed by atoms with Crippen LogP contribution in [-0.2, 0) is 4.79 Å². The lowest BCUT2D eigenvalue weighted by atomic mass is 9.80. The maximum absolute atomic E-state index is 12.2. The number of hydrogen-bond acceptors (Lipinski definition) is 2. The smallest absolute Gasteiger partial charge is 0.310 e. The van der Waals surface area contributed by atoms with Gasteiger partial charge in [-0.3, -0.25) is 10.1 Å². The summed E-state index contributed by atoms with van der Waals surface area (Å²) in [6.07, 6.45) is 12.3. The highest BCUT2D eigenvalue weighted by Crippen LogP contribution is 2.37. The lowest BCUT2D eigenvalue weighted by Crippen LogP contribution is -2.51. The summed E-state index contributed by atoms with van der Waals surface area (Å²) in [7, 11) is 0. The molecule has 3 amide bonds. The quantitative estimate of drug-likeness (QED) is 0.572. The Labute approximate surface area is 122 Å². The number of rotatable bonds is 7. The highest BCUT2D eigenvalue weighted by Gasteiger charge is 2.52. The minimum absolute atomic E-state index is 0.0480. The molecular weight excluding hydrogens is 252 g/mol. The first-order chi connectivity index (χ1) is 9.70. The first-order valence-corrected chi connectivity index (χ1v) is 8.34. The minimum Gasteiger partial charge on any atom is -0.310 e. The lowest BCUT2D eigenvalue weighted by molar-refractivity contribution is -0.128. The Balaban J connectivity index is 1.84. The van der Waals surface area contributed by atoms with Gasteiger partial charge < -0.3 is 4.90 Å². The number of unbranched alkanes of at least 4 members (excludes halogenated alkanes) is 5. The van der Waals surface area contributed by atoms with Crippen LogP contribution in [0.3, 0.4) is 0 Å². The highest BCUT2D eigenvalue weighted by molar-refractivity contribution is 6.07. The van der Waals surface area contributed by atoms with E-state index in [1.165, 1.54) is 32.1 Å². The van der Waals surface area contributed by atoms with Crippen LogP contribution < -0.4 is 5.32 Å². The van der Waals surface area contributed by atoms with Crippen molar-refractivity contribution < 1.29 is 9.59 Å². The molecule has 2 rings (SSSR count). The van der Waals surface area contributed by atoms with Crippen LogP contribution in [0.15, 0.2) is 0 Å². The van der Waals surface area contributed by atoms with Crippen molar-refractivity contribution >= 4 is 11.9 Å². The Bertz CT molecular complexity index is 348. The van der Waals surface area contributed by atoms with E-state index in [0.29, 0.717) is 0 Å². The SMILES string of the molecule is CCCCCCCCN1C(=O)NC(=O)C12CCCCC2. The van der Waals surface area contributed by atoms with Gasteiger partial charge in [0.15, 0.2) is 0 Å². The second-order valence-corrected chi connectivity index (χ2v) is 6.27. The van der Waals surface area contributed by atoms with Gasteiger partial charge >= 0.3 is 6.03 Å². The average Bonchev–Trinajstić information content (AvgIpc) is 2.67. The fraction of sp³-hybridized carbons (Fsp3) is 0.875. The van der Waals surface area contributed by atoms with Crippen LogP contribution in [0.4, 0.5) is 4.79 Å². The van der Waals surface area contributed by atoms with Crippen molar-refractivity contribution in [2.75, 3.05) is 6.54 Å². The maximum atomic E-state index is 12.2. The first kappa shape index (κ1) is 15.3. The summed E-state index contributed by atoms with van der Waals surface area (Å²) in [4.78, 5) is 26.0. The molecule has 1 saturated carbocycles. The van der Waals surface area contributed by atoms with Crippen LogP contribution in [0.25, 0.3) is 0 Å². The minimum atomic E-state index is -0.501. The van der Waals surface area contributed by atoms with Gasteiger partial charge in [-0.05, 0) is 19.3 Å². The monoisotopic (exact) mass is 280 g/mol. The molecular formula is C16H28N2O2. The van der Waals surface area contributed by atoms with E-state index < -0.39 is 5.54 Å². The van der Waals surface area contributed by atoms with Gasteiger partial charge in [-0.15, -0.1) is 0 Å². The first-order valence-electron chi connectivity index (χ1n) is 8.34. The number of nitrogens with zero attached hydrogens (tertiary/aromatic N) is 1. The van der Waals surface area contributed by atoms with E-state index in [9.17, 15) is 9.59 Å². The molecule has 0 aromatic carbocycles. The van der Waals surface area contributed by atoms with Gasteiger partial charge in [0.25, 0.3) is 5.91 Å². The largest absolute Gasteiger partial charge is 0.325 e. The molecule has 0 bridgehead atoms. The number of carbonyl (C=O) groups excluding carboxylic acids is 2. The molecule has 20 heavy (non-hydrogen) atoms. The van der Waals surface area contributed by atoms with Crippen LogP contribution in [-0.4, -0.2) is 28.9 Å². The van der Waals surface area contributed by atoms with Gasteiger partial charge in [-0.2, -0.15) is 0 Å². The fourth-order valence-corrected chi connectivity index (χ4v) is 3.60. The van der Waals surface area contributed by atoms with Crippen molar-refractivity contribution in [3.8, 4) is 0 Å². The molecule has 4 heteroatoms. The molecule has 0 atom stereocenters. The number of carbonyl (C=O) groups is 2. The summed E-state index contributed by atoms with van der Waals surface area (Å²) < 4.78 is 0. The summed E-state index contributed by atoms with van der Waals surface area (Å²) in [5.41, 5.74) is -0.501. The highest BCUT2D eigenvalue weighted by atomic mass is 16.2. The maximum Gasteiger partial charge on any atom is 0.325 e. The third-order valence-corrected chi connectivity index (χ3v) is 4.82. The Morgan fingerprint density at radius 3 is 2.35 bits per heavy atom. The summed E-state index contributed by atoms with van der Waals surface area (Å²) in [6.45, 7) is 2.96. The molecule has 2 aliphatic rings. The van der Waals surface area contributed by atoms with E-state index in [4.69, 9.17) is 0 Å². The van der Waals surface area contributed by atoms with Gasteiger partial charge in [0.05, 0.1) is 0 Å². The van der Waals surface area contributed by atoms with E-state index in [1.54, 1.807) is 0 Å². The van der Waals surface area contributed by atoms with Crippen molar-refractivity contribution in [3.05, 3.63) is 0 Å². The van der Waals surface area contributed by atoms with Gasteiger partial charge in [0.2, 0.25) is 0 Å². The fourth-order valence-electron chi connectivity index (χ4n) is 3.60. The van der Waals surface area contributed by atoms with Crippen LogP contribution in [0, 0.1) is 0 Å². The molecule has 0 unspecified atom stereocenters. The Kier molecular flexibility index (Phi) is 5.44. The molecule has 4 nitrogen and oxygen atoms in total. The summed E-state index contributed by atoms with van der Waals surface area (Å²) >= 11 is 0. The zero-order chi connectivity index (χ0) is 14.4. The van der Waals surface area contributed by atoms with Crippen molar-refractivity contribution in [2.24, 2.45) is 0 Å². The number of imide groups is 1. The predicted octanol–water partition coefficient (Wildman–Crippen LogP) is 3.60. The molecule has 1 aliphatic carbocycles. The van der Waals surface area contributed by atoms with Crippen molar-refractivity contribution in [2.45, 2.75) is 83.1 Å². The average molecular weight is 280 g/mol. The molecule has 1 spiro atoms. The normalized spacial score (nSPS) is 21.6. The second kappa shape index (κ2) is 7.09. The van der Waals surface area contributed by atoms with Crippen LogP contribution in [0.1, 0.15) is 77.6 Å². The molecule has 2 fully saturated rings. The molecule has 114 valence electrons. The van der Waals surface area contributed by atoms with Crippen molar-refractivity contribution in [1.29, 1.82) is 0 Å². The van der Waals surface area contributed by atoms with E-state index in [1.807, 2.05) is 4.90 Å². The van der Waals surface area contributed by atoms with Gasteiger partial charge in [-0.25, -0.2) is 4.79 Å². The molecule has 0 aromatic heterocycles. The predicted molar refractivity (Wildman–Crippen MR) is 79.4 cm³/mol. The van der Waals surface area contributed by atoms with Crippen LogP contribution in [0.2, 0.25) is 0 Å². The Morgan fingerprint density at radius 2 is 1.65 bits per heavy atom. The number of amides is 3. The Hall–Kier alpha value is -1.06. The molecule has 1 N–H and O–H groups in total. The van der Waals surface area contributed by atoms with Crippen LogP contribution >= 0.6 is 0 Å². The van der Waals surface area contributed by atoms with Gasteiger partial charge in [-0.1, -0.05) is 58.3 Å².